The summed E-state index contributed by atoms with van der Waals surface area (Å²) in [5.74, 6) is -0.494. The van der Waals surface area contributed by atoms with Gasteiger partial charge in [-0.1, -0.05) is 12.1 Å². The zero-order chi connectivity index (χ0) is 13.8. The Labute approximate surface area is 116 Å². The number of nitrogen functional groups attached to an aromatic ring is 1. The fourth-order valence-electron chi connectivity index (χ4n) is 1.95. The van der Waals surface area contributed by atoms with Crippen molar-refractivity contribution in [3.8, 4) is 0 Å². The number of carbonyl (C=O) groups is 1. The van der Waals surface area contributed by atoms with E-state index in [1.54, 1.807) is 23.5 Å². The van der Waals surface area contributed by atoms with Gasteiger partial charge in [0.1, 0.15) is 0 Å². The summed E-state index contributed by atoms with van der Waals surface area (Å²) < 4.78 is 0. The molecule has 0 spiro atoms. The number of amides is 1. The third kappa shape index (κ3) is 3.06. The Morgan fingerprint density at radius 1 is 1.32 bits per heavy atom. The van der Waals surface area contributed by atoms with Crippen molar-refractivity contribution in [3.05, 3.63) is 46.2 Å². The molecule has 1 heterocycles. The van der Waals surface area contributed by atoms with Crippen LogP contribution in [0.4, 0.5) is 11.4 Å². The Balaban J connectivity index is 2.12. The monoisotopic (exact) mass is 275 g/mol. The Morgan fingerprint density at radius 3 is 2.74 bits per heavy atom. The van der Waals surface area contributed by atoms with Gasteiger partial charge in [0.25, 0.3) is 5.91 Å². The van der Waals surface area contributed by atoms with Crippen LogP contribution < -0.4 is 16.4 Å². The number of primary amides is 1. The summed E-state index contributed by atoms with van der Waals surface area (Å²) in [6, 6.07) is 9.50. The average molecular weight is 275 g/mol. The highest BCUT2D eigenvalue weighted by molar-refractivity contribution is 7.09. The maximum atomic E-state index is 11.3. The van der Waals surface area contributed by atoms with E-state index in [2.05, 4.69) is 11.4 Å². The smallest absolute Gasteiger partial charge is 0.250 e. The summed E-state index contributed by atoms with van der Waals surface area (Å²) in [7, 11) is 1.96. The van der Waals surface area contributed by atoms with Crippen molar-refractivity contribution < 1.29 is 4.79 Å². The molecule has 0 fully saturated rings. The number of hydrogen-bond donors (Lipinski definition) is 2. The first-order valence-electron chi connectivity index (χ1n) is 6.01. The number of nitrogens with two attached hydrogens (primary N) is 2. The van der Waals surface area contributed by atoms with Gasteiger partial charge in [-0.05, 0) is 30.0 Å². The molecule has 0 atom stereocenters. The predicted octanol–water partition coefficient (Wildman–Crippen LogP) is 2.11. The number of nitrogens with zero attached hydrogens (tertiary/aromatic N) is 1. The van der Waals surface area contributed by atoms with Crippen molar-refractivity contribution in [1.82, 2.24) is 0 Å². The van der Waals surface area contributed by atoms with Gasteiger partial charge in [0.15, 0.2) is 0 Å². The molecule has 0 aliphatic rings. The van der Waals surface area contributed by atoms with E-state index >= 15 is 0 Å². The molecule has 0 unspecified atom stereocenters. The van der Waals surface area contributed by atoms with Crippen LogP contribution in [0.5, 0.6) is 0 Å². The van der Waals surface area contributed by atoms with Gasteiger partial charge in [0.2, 0.25) is 0 Å². The molecule has 1 amide bonds. The minimum Gasteiger partial charge on any atom is -0.396 e. The minimum atomic E-state index is -0.494. The molecule has 0 saturated carbocycles. The van der Waals surface area contributed by atoms with Gasteiger partial charge in [-0.15, -0.1) is 11.3 Å². The van der Waals surface area contributed by atoms with E-state index in [9.17, 15) is 4.79 Å². The topological polar surface area (TPSA) is 72.3 Å². The van der Waals surface area contributed by atoms with Crippen molar-refractivity contribution in [1.29, 1.82) is 0 Å². The first-order chi connectivity index (χ1) is 9.09. The van der Waals surface area contributed by atoms with Gasteiger partial charge in [0, 0.05) is 18.5 Å². The summed E-state index contributed by atoms with van der Waals surface area (Å²) in [5, 5.41) is 2.07. The second-order valence-electron chi connectivity index (χ2n) is 4.35. The van der Waals surface area contributed by atoms with Gasteiger partial charge in [-0.3, -0.25) is 4.79 Å². The second kappa shape index (κ2) is 5.75. The van der Waals surface area contributed by atoms with Crippen LogP contribution in [-0.4, -0.2) is 19.5 Å². The standard InChI is InChI=1S/C14H17N3OS/c1-17(8-7-10-4-3-9-19-10)12-6-2-5-11(13(12)15)14(16)18/h2-6,9H,7-8,15H2,1H3,(H2,16,18). The molecule has 4 N–H and O–H groups in total. The van der Waals surface area contributed by atoms with Crippen LogP contribution in [0.2, 0.25) is 0 Å². The van der Waals surface area contributed by atoms with Gasteiger partial charge in [0.05, 0.1) is 16.9 Å². The predicted molar refractivity (Wildman–Crippen MR) is 80.7 cm³/mol. The van der Waals surface area contributed by atoms with E-state index in [0.29, 0.717) is 11.3 Å². The molecule has 0 aliphatic heterocycles. The lowest BCUT2D eigenvalue weighted by Gasteiger charge is -2.21. The first-order valence-corrected chi connectivity index (χ1v) is 6.89. The quantitative estimate of drug-likeness (QED) is 0.821. The summed E-state index contributed by atoms with van der Waals surface area (Å²) in [4.78, 5) is 14.6. The molecule has 19 heavy (non-hydrogen) atoms. The maximum absolute atomic E-state index is 11.3. The van der Waals surface area contributed by atoms with E-state index in [-0.39, 0.29) is 0 Å². The summed E-state index contributed by atoms with van der Waals surface area (Å²) in [6.45, 7) is 0.840. The highest BCUT2D eigenvalue weighted by atomic mass is 32.1. The molecule has 0 bridgehead atoms. The Hall–Kier alpha value is -2.01. The highest BCUT2D eigenvalue weighted by Gasteiger charge is 2.12. The fraction of sp³-hybridized carbons (Fsp3) is 0.214. The van der Waals surface area contributed by atoms with Crippen molar-refractivity contribution in [3.63, 3.8) is 0 Å². The summed E-state index contributed by atoms with van der Waals surface area (Å²) >= 11 is 1.74. The molecule has 5 heteroatoms. The number of anilines is 2. The number of likely N-dealkylation sites (N-methyl/N-ethyl adjacent to an activating group) is 1. The number of thiophene rings is 1. The molecular weight excluding hydrogens is 258 g/mol. The van der Waals surface area contributed by atoms with E-state index in [0.717, 1.165) is 18.7 Å². The molecule has 1 aromatic carbocycles. The molecule has 1 aromatic heterocycles. The zero-order valence-corrected chi connectivity index (χ0v) is 11.6. The highest BCUT2D eigenvalue weighted by Crippen LogP contribution is 2.25. The molecule has 100 valence electrons. The average Bonchev–Trinajstić information content (AvgIpc) is 2.89. The molecule has 2 rings (SSSR count). The van der Waals surface area contributed by atoms with Crippen molar-refractivity contribution in [2.24, 2.45) is 5.73 Å². The third-order valence-corrected chi connectivity index (χ3v) is 3.97. The lowest BCUT2D eigenvalue weighted by atomic mass is 10.1. The number of benzene rings is 1. The van der Waals surface area contributed by atoms with Crippen LogP contribution >= 0.6 is 11.3 Å². The SMILES string of the molecule is CN(CCc1cccs1)c1cccc(C(N)=O)c1N. The van der Waals surface area contributed by atoms with Gasteiger partial charge < -0.3 is 16.4 Å². The van der Waals surface area contributed by atoms with Gasteiger partial charge in [-0.25, -0.2) is 0 Å². The van der Waals surface area contributed by atoms with Crippen LogP contribution in [0, 0.1) is 0 Å². The van der Waals surface area contributed by atoms with Crippen LogP contribution in [0.25, 0.3) is 0 Å². The normalized spacial score (nSPS) is 10.4. The van der Waals surface area contributed by atoms with Crippen LogP contribution in [0.15, 0.2) is 35.7 Å². The summed E-state index contributed by atoms with van der Waals surface area (Å²) in [6.07, 6.45) is 0.953. The van der Waals surface area contributed by atoms with E-state index in [1.165, 1.54) is 4.88 Å². The Morgan fingerprint density at radius 2 is 2.11 bits per heavy atom. The lowest BCUT2D eigenvalue weighted by molar-refractivity contribution is 0.100. The second-order valence-corrected chi connectivity index (χ2v) is 5.39. The van der Waals surface area contributed by atoms with Crippen molar-refractivity contribution in [2.75, 3.05) is 24.2 Å². The van der Waals surface area contributed by atoms with E-state index in [4.69, 9.17) is 11.5 Å². The zero-order valence-electron chi connectivity index (χ0n) is 10.8. The maximum Gasteiger partial charge on any atom is 0.250 e. The summed E-state index contributed by atoms with van der Waals surface area (Å²) in [5.41, 5.74) is 13.0. The van der Waals surface area contributed by atoms with E-state index < -0.39 is 5.91 Å². The molecule has 2 aromatic rings. The molecular formula is C14H17N3OS. The largest absolute Gasteiger partial charge is 0.396 e. The van der Waals surface area contributed by atoms with Crippen LogP contribution in [0.3, 0.4) is 0 Å². The number of para-hydroxylation sites is 1. The number of rotatable bonds is 5. The number of hydrogen-bond acceptors (Lipinski definition) is 4. The molecule has 0 radical (unpaired) electrons. The lowest BCUT2D eigenvalue weighted by Crippen LogP contribution is -2.23. The van der Waals surface area contributed by atoms with Crippen molar-refractivity contribution in [2.45, 2.75) is 6.42 Å². The van der Waals surface area contributed by atoms with Crippen LogP contribution in [0.1, 0.15) is 15.2 Å². The Kier molecular flexibility index (Phi) is 4.06. The first kappa shape index (κ1) is 13.4. The minimum absolute atomic E-state index is 0.375. The van der Waals surface area contributed by atoms with Gasteiger partial charge in [-0.2, -0.15) is 0 Å². The van der Waals surface area contributed by atoms with Crippen molar-refractivity contribution >= 4 is 28.6 Å². The van der Waals surface area contributed by atoms with E-state index in [1.807, 2.05) is 24.1 Å². The van der Waals surface area contributed by atoms with Gasteiger partial charge >= 0.3 is 0 Å². The Bertz CT molecular complexity index is 566. The van der Waals surface area contributed by atoms with Crippen LogP contribution in [-0.2, 0) is 6.42 Å². The molecule has 4 nitrogen and oxygen atoms in total. The third-order valence-electron chi connectivity index (χ3n) is 3.03. The molecule has 0 saturated heterocycles. The molecule has 0 aliphatic carbocycles. The number of carbonyl (C=O) groups excluding carboxylic acids is 1. The fourth-order valence-corrected chi connectivity index (χ4v) is 2.65.